The fourth-order valence-electron chi connectivity index (χ4n) is 1.68. The number of halogens is 1. The Labute approximate surface area is 97.8 Å². The van der Waals surface area contributed by atoms with Crippen LogP contribution in [0, 0.1) is 5.82 Å². The van der Waals surface area contributed by atoms with Crippen LogP contribution < -0.4 is 4.74 Å². The first-order valence-electron chi connectivity index (χ1n) is 5.38. The summed E-state index contributed by atoms with van der Waals surface area (Å²) >= 11 is 0. The predicted octanol–water partition coefficient (Wildman–Crippen LogP) is 3.33. The van der Waals surface area contributed by atoms with Gasteiger partial charge in [0, 0.05) is 17.2 Å². The van der Waals surface area contributed by atoms with Gasteiger partial charge in [-0.05, 0) is 36.6 Å². The van der Waals surface area contributed by atoms with Gasteiger partial charge in [0.1, 0.15) is 6.61 Å². The summed E-state index contributed by atoms with van der Waals surface area (Å²) in [6.45, 7) is 1.09. The standard InChI is InChI=1S/C11H12FN3O2/c12-10-6-8(14-15-13)3-4-11(10)17-7-9-2-1-5-16-9/h3-4,6,9H,1-2,5,7H2. The highest BCUT2D eigenvalue weighted by Crippen LogP contribution is 2.24. The van der Waals surface area contributed by atoms with Crippen molar-refractivity contribution >= 4 is 5.69 Å². The second-order valence-corrected chi connectivity index (χ2v) is 3.75. The molecule has 0 radical (unpaired) electrons. The molecule has 1 aromatic rings. The molecule has 0 saturated carbocycles. The second-order valence-electron chi connectivity index (χ2n) is 3.75. The molecule has 0 aliphatic carbocycles. The Bertz CT molecular complexity index is 440. The molecule has 6 heteroatoms. The third-order valence-electron chi connectivity index (χ3n) is 2.52. The summed E-state index contributed by atoms with van der Waals surface area (Å²) in [4.78, 5) is 2.58. The predicted molar refractivity (Wildman–Crippen MR) is 59.7 cm³/mol. The number of benzene rings is 1. The van der Waals surface area contributed by atoms with Crippen molar-refractivity contribution in [2.75, 3.05) is 13.2 Å². The summed E-state index contributed by atoms with van der Waals surface area (Å²) < 4.78 is 24.2. The highest BCUT2D eigenvalue weighted by atomic mass is 19.1. The molecule has 90 valence electrons. The molecule has 0 bridgehead atoms. The molecule has 1 aliphatic rings. The lowest BCUT2D eigenvalue weighted by atomic mass is 10.2. The number of azide groups is 1. The lowest BCUT2D eigenvalue weighted by molar-refractivity contribution is 0.0666. The van der Waals surface area contributed by atoms with Crippen LogP contribution in [-0.2, 0) is 4.74 Å². The van der Waals surface area contributed by atoms with E-state index in [9.17, 15) is 4.39 Å². The normalized spacial score (nSPS) is 18.8. The van der Waals surface area contributed by atoms with Gasteiger partial charge < -0.3 is 9.47 Å². The zero-order valence-corrected chi connectivity index (χ0v) is 9.17. The molecule has 1 atom stereocenters. The van der Waals surface area contributed by atoms with Crippen LogP contribution in [0.15, 0.2) is 23.3 Å². The zero-order chi connectivity index (χ0) is 12.1. The van der Waals surface area contributed by atoms with Gasteiger partial charge in [-0.2, -0.15) is 0 Å². The third kappa shape index (κ3) is 3.09. The minimum absolute atomic E-state index is 0.0474. The minimum atomic E-state index is -0.534. The molecule has 0 amide bonds. The molecule has 1 aromatic carbocycles. The van der Waals surface area contributed by atoms with Gasteiger partial charge in [-0.15, -0.1) is 0 Å². The number of hydrogen-bond acceptors (Lipinski definition) is 3. The van der Waals surface area contributed by atoms with Crippen molar-refractivity contribution in [2.24, 2.45) is 5.11 Å². The van der Waals surface area contributed by atoms with E-state index < -0.39 is 5.82 Å². The first-order valence-corrected chi connectivity index (χ1v) is 5.38. The molecule has 0 N–H and O–H groups in total. The number of rotatable bonds is 4. The highest BCUT2D eigenvalue weighted by molar-refractivity contribution is 5.42. The van der Waals surface area contributed by atoms with Gasteiger partial charge >= 0.3 is 0 Å². The van der Waals surface area contributed by atoms with E-state index >= 15 is 0 Å². The summed E-state index contributed by atoms with van der Waals surface area (Å²) in [5, 5.41) is 3.31. The van der Waals surface area contributed by atoms with Crippen molar-refractivity contribution in [1.82, 2.24) is 0 Å². The molecule has 0 aromatic heterocycles. The Morgan fingerprint density at radius 3 is 3.12 bits per heavy atom. The van der Waals surface area contributed by atoms with Crippen molar-refractivity contribution in [1.29, 1.82) is 0 Å². The average Bonchev–Trinajstić information content (AvgIpc) is 2.81. The van der Waals surface area contributed by atoms with E-state index in [0.717, 1.165) is 25.5 Å². The van der Waals surface area contributed by atoms with Crippen LogP contribution in [0.4, 0.5) is 10.1 Å². The smallest absolute Gasteiger partial charge is 0.165 e. The molecule has 1 unspecified atom stereocenters. The maximum atomic E-state index is 13.5. The summed E-state index contributed by atoms with van der Waals surface area (Å²) in [6.07, 6.45) is 2.01. The van der Waals surface area contributed by atoms with Gasteiger partial charge in [0.25, 0.3) is 0 Å². The highest BCUT2D eigenvalue weighted by Gasteiger charge is 2.16. The quantitative estimate of drug-likeness (QED) is 0.458. The van der Waals surface area contributed by atoms with E-state index in [1.54, 1.807) is 0 Å². The lowest BCUT2D eigenvalue weighted by Crippen LogP contribution is -2.16. The minimum Gasteiger partial charge on any atom is -0.488 e. The van der Waals surface area contributed by atoms with Crippen molar-refractivity contribution in [3.8, 4) is 5.75 Å². The van der Waals surface area contributed by atoms with Gasteiger partial charge in [0.2, 0.25) is 0 Å². The van der Waals surface area contributed by atoms with E-state index in [1.807, 2.05) is 0 Å². The van der Waals surface area contributed by atoms with Crippen LogP contribution in [0.25, 0.3) is 10.4 Å². The van der Waals surface area contributed by atoms with Crippen LogP contribution >= 0.6 is 0 Å². The van der Waals surface area contributed by atoms with Gasteiger partial charge in [0.05, 0.1) is 6.10 Å². The first kappa shape index (κ1) is 11.7. The second kappa shape index (κ2) is 5.52. The van der Waals surface area contributed by atoms with Crippen LogP contribution in [0.1, 0.15) is 12.8 Å². The Morgan fingerprint density at radius 2 is 2.47 bits per heavy atom. The molecule has 5 nitrogen and oxygen atoms in total. The van der Waals surface area contributed by atoms with E-state index in [1.165, 1.54) is 12.1 Å². The van der Waals surface area contributed by atoms with Crippen LogP contribution in [0.5, 0.6) is 5.75 Å². The molecule has 1 saturated heterocycles. The lowest BCUT2D eigenvalue weighted by Gasteiger charge is -2.11. The molecular formula is C11H12FN3O2. The van der Waals surface area contributed by atoms with E-state index in [0.29, 0.717) is 6.61 Å². The third-order valence-corrected chi connectivity index (χ3v) is 2.52. The van der Waals surface area contributed by atoms with Gasteiger partial charge in [0.15, 0.2) is 11.6 Å². The van der Waals surface area contributed by atoms with Crippen molar-refractivity contribution in [3.63, 3.8) is 0 Å². The SMILES string of the molecule is [N-]=[N+]=Nc1ccc(OCC2CCCO2)c(F)c1. The van der Waals surface area contributed by atoms with Gasteiger partial charge in [-0.3, -0.25) is 0 Å². The largest absolute Gasteiger partial charge is 0.488 e. The Morgan fingerprint density at radius 1 is 1.59 bits per heavy atom. The van der Waals surface area contributed by atoms with Gasteiger partial charge in [-0.25, -0.2) is 4.39 Å². The van der Waals surface area contributed by atoms with Gasteiger partial charge in [-0.1, -0.05) is 5.11 Å². The van der Waals surface area contributed by atoms with Crippen molar-refractivity contribution in [3.05, 3.63) is 34.5 Å². The van der Waals surface area contributed by atoms with E-state index in [-0.39, 0.29) is 17.5 Å². The fourth-order valence-corrected chi connectivity index (χ4v) is 1.68. The summed E-state index contributed by atoms with van der Waals surface area (Å²) in [6, 6.07) is 4.10. The van der Waals surface area contributed by atoms with Crippen LogP contribution in [0.3, 0.4) is 0 Å². The zero-order valence-electron chi connectivity index (χ0n) is 9.17. The Kier molecular flexibility index (Phi) is 3.80. The van der Waals surface area contributed by atoms with Crippen LogP contribution in [-0.4, -0.2) is 19.3 Å². The maximum absolute atomic E-state index is 13.5. The molecular weight excluding hydrogens is 225 g/mol. The summed E-state index contributed by atoms with van der Waals surface area (Å²) in [7, 11) is 0. The molecule has 17 heavy (non-hydrogen) atoms. The number of nitrogens with zero attached hydrogens (tertiary/aromatic N) is 3. The summed E-state index contributed by atoms with van der Waals surface area (Å²) in [5.74, 6) is -0.384. The molecule has 1 heterocycles. The Hall–Kier alpha value is -1.78. The topological polar surface area (TPSA) is 67.2 Å². The number of hydrogen-bond donors (Lipinski definition) is 0. The van der Waals surface area contributed by atoms with E-state index in [4.69, 9.17) is 15.0 Å². The molecule has 2 rings (SSSR count). The summed E-state index contributed by atoms with van der Waals surface area (Å²) in [5.41, 5.74) is 8.45. The molecule has 0 spiro atoms. The molecule has 1 aliphatic heterocycles. The fraction of sp³-hybridized carbons (Fsp3) is 0.455. The van der Waals surface area contributed by atoms with Crippen molar-refractivity contribution < 1.29 is 13.9 Å². The Balaban J connectivity index is 1.98. The van der Waals surface area contributed by atoms with Crippen molar-refractivity contribution in [2.45, 2.75) is 18.9 Å². The monoisotopic (exact) mass is 237 g/mol. The average molecular weight is 237 g/mol. The van der Waals surface area contributed by atoms with Crippen LogP contribution in [0.2, 0.25) is 0 Å². The first-order chi connectivity index (χ1) is 8.29. The number of ether oxygens (including phenoxy) is 2. The van der Waals surface area contributed by atoms with E-state index in [2.05, 4.69) is 10.0 Å². The molecule has 1 fully saturated rings. The maximum Gasteiger partial charge on any atom is 0.165 e.